The monoisotopic (exact) mass is 282 g/mol. The van der Waals surface area contributed by atoms with E-state index in [1.54, 1.807) is 18.2 Å². The SMILES string of the molecule is Cc1c(NC=C(C#N)C#N)cccc1NC(=O)CC(C)C. The van der Waals surface area contributed by atoms with Crippen molar-refractivity contribution in [3.8, 4) is 12.1 Å². The van der Waals surface area contributed by atoms with Crippen molar-refractivity contribution in [2.45, 2.75) is 27.2 Å². The number of allylic oxidation sites excluding steroid dienone is 1. The van der Waals surface area contributed by atoms with Gasteiger partial charge in [-0.05, 0) is 30.5 Å². The molecule has 0 aliphatic rings. The fourth-order valence-corrected chi connectivity index (χ4v) is 1.74. The predicted molar refractivity (Wildman–Crippen MR) is 82.2 cm³/mol. The first kappa shape index (κ1) is 16.3. The van der Waals surface area contributed by atoms with E-state index in [1.165, 1.54) is 6.20 Å². The minimum atomic E-state index is -0.0319. The van der Waals surface area contributed by atoms with Crippen molar-refractivity contribution >= 4 is 17.3 Å². The highest BCUT2D eigenvalue weighted by molar-refractivity contribution is 5.92. The molecule has 0 aliphatic heterocycles. The zero-order valence-electron chi connectivity index (χ0n) is 12.4. The van der Waals surface area contributed by atoms with Crippen LogP contribution in [0.4, 0.5) is 11.4 Å². The number of carbonyl (C=O) groups is 1. The summed E-state index contributed by atoms with van der Waals surface area (Å²) in [5, 5.41) is 23.2. The number of hydrogen-bond donors (Lipinski definition) is 2. The Bertz CT molecular complexity index is 617. The molecule has 1 aromatic rings. The Morgan fingerprint density at radius 2 is 1.90 bits per heavy atom. The van der Waals surface area contributed by atoms with Gasteiger partial charge in [0.05, 0.1) is 0 Å². The summed E-state index contributed by atoms with van der Waals surface area (Å²) < 4.78 is 0. The van der Waals surface area contributed by atoms with Gasteiger partial charge in [-0.1, -0.05) is 19.9 Å². The molecule has 0 radical (unpaired) electrons. The molecule has 2 N–H and O–H groups in total. The number of hydrogen-bond acceptors (Lipinski definition) is 4. The Kier molecular flexibility index (Phi) is 5.98. The van der Waals surface area contributed by atoms with Crippen LogP contribution >= 0.6 is 0 Å². The maximum atomic E-state index is 11.8. The van der Waals surface area contributed by atoms with E-state index >= 15 is 0 Å². The maximum Gasteiger partial charge on any atom is 0.224 e. The molecule has 0 spiro atoms. The standard InChI is InChI=1S/C16H18N4O/c1-11(2)7-16(21)20-15-6-4-5-14(12(15)3)19-10-13(8-17)9-18/h4-6,10-11,19H,7H2,1-3H3,(H,20,21). The molecule has 0 aliphatic carbocycles. The lowest BCUT2D eigenvalue weighted by Gasteiger charge is -2.13. The van der Waals surface area contributed by atoms with E-state index in [4.69, 9.17) is 10.5 Å². The predicted octanol–water partition coefficient (Wildman–Crippen LogP) is 3.32. The van der Waals surface area contributed by atoms with E-state index < -0.39 is 0 Å². The lowest BCUT2D eigenvalue weighted by molar-refractivity contribution is -0.116. The number of carbonyl (C=O) groups excluding carboxylic acids is 1. The number of nitriles is 2. The Balaban J connectivity index is 2.89. The first-order valence-corrected chi connectivity index (χ1v) is 6.64. The summed E-state index contributed by atoms with van der Waals surface area (Å²) in [5.41, 5.74) is 2.29. The van der Waals surface area contributed by atoms with Crippen LogP contribution in [0.3, 0.4) is 0 Å². The van der Waals surface area contributed by atoms with Crippen LogP contribution in [0, 0.1) is 35.5 Å². The zero-order valence-corrected chi connectivity index (χ0v) is 12.4. The average Bonchev–Trinajstić information content (AvgIpc) is 2.42. The molecule has 5 heteroatoms. The van der Waals surface area contributed by atoms with Gasteiger partial charge in [0.1, 0.15) is 17.7 Å². The van der Waals surface area contributed by atoms with E-state index in [9.17, 15) is 4.79 Å². The fourth-order valence-electron chi connectivity index (χ4n) is 1.74. The lowest BCUT2D eigenvalue weighted by atomic mass is 10.1. The van der Waals surface area contributed by atoms with Crippen molar-refractivity contribution in [1.82, 2.24) is 0 Å². The van der Waals surface area contributed by atoms with Crippen LogP contribution in [0.2, 0.25) is 0 Å². The summed E-state index contributed by atoms with van der Waals surface area (Å²) in [4.78, 5) is 11.8. The van der Waals surface area contributed by atoms with Crippen molar-refractivity contribution in [2.24, 2.45) is 5.92 Å². The van der Waals surface area contributed by atoms with E-state index in [2.05, 4.69) is 10.6 Å². The van der Waals surface area contributed by atoms with Gasteiger partial charge in [-0.25, -0.2) is 0 Å². The molecular formula is C16H18N4O. The normalized spacial score (nSPS) is 9.43. The van der Waals surface area contributed by atoms with Crippen molar-refractivity contribution in [3.05, 3.63) is 35.5 Å². The molecule has 21 heavy (non-hydrogen) atoms. The van der Waals surface area contributed by atoms with Gasteiger partial charge in [-0.2, -0.15) is 10.5 Å². The molecule has 0 unspecified atom stereocenters. The third-order valence-electron chi connectivity index (χ3n) is 2.81. The van der Waals surface area contributed by atoms with Gasteiger partial charge in [-0.15, -0.1) is 0 Å². The Morgan fingerprint density at radius 1 is 1.29 bits per heavy atom. The smallest absolute Gasteiger partial charge is 0.224 e. The summed E-state index contributed by atoms with van der Waals surface area (Å²) in [7, 11) is 0. The second kappa shape index (κ2) is 7.72. The van der Waals surface area contributed by atoms with Gasteiger partial charge in [0, 0.05) is 24.0 Å². The first-order valence-electron chi connectivity index (χ1n) is 6.64. The van der Waals surface area contributed by atoms with Crippen LogP contribution in [0.1, 0.15) is 25.8 Å². The molecule has 0 atom stereocenters. The van der Waals surface area contributed by atoms with Gasteiger partial charge < -0.3 is 10.6 Å². The first-order chi connectivity index (χ1) is 9.97. The minimum Gasteiger partial charge on any atom is -0.360 e. The fraction of sp³-hybridized carbons (Fsp3) is 0.312. The van der Waals surface area contributed by atoms with Crippen LogP contribution < -0.4 is 10.6 Å². The Labute approximate surface area is 124 Å². The molecule has 1 aromatic carbocycles. The average molecular weight is 282 g/mol. The van der Waals surface area contributed by atoms with Gasteiger partial charge in [0.15, 0.2) is 0 Å². The van der Waals surface area contributed by atoms with Crippen molar-refractivity contribution < 1.29 is 4.79 Å². The molecule has 0 heterocycles. The van der Waals surface area contributed by atoms with Crippen LogP contribution in [0.15, 0.2) is 30.0 Å². The van der Waals surface area contributed by atoms with E-state index in [-0.39, 0.29) is 11.5 Å². The highest BCUT2D eigenvalue weighted by atomic mass is 16.1. The highest BCUT2D eigenvalue weighted by Crippen LogP contribution is 2.24. The molecule has 1 rings (SSSR count). The van der Waals surface area contributed by atoms with Gasteiger partial charge in [-0.3, -0.25) is 4.79 Å². The van der Waals surface area contributed by atoms with Crippen molar-refractivity contribution in [3.63, 3.8) is 0 Å². The summed E-state index contributed by atoms with van der Waals surface area (Å²) >= 11 is 0. The summed E-state index contributed by atoms with van der Waals surface area (Å²) in [6, 6.07) is 8.99. The van der Waals surface area contributed by atoms with Crippen molar-refractivity contribution in [1.29, 1.82) is 10.5 Å². The molecule has 5 nitrogen and oxygen atoms in total. The van der Waals surface area contributed by atoms with Crippen LogP contribution in [0.25, 0.3) is 0 Å². The van der Waals surface area contributed by atoms with Gasteiger partial charge in [0.25, 0.3) is 0 Å². The Morgan fingerprint density at radius 3 is 2.48 bits per heavy atom. The molecule has 0 fully saturated rings. The summed E-state index contributed by atoms with van der Waals surface area (Å²) in [6.45, 7) is 5.83. The molecule has 0 aromatic heterocycles. The molecule has 108 valence electrons. The minimum absolute atomic E-state index is 0.0105. The largest absolute Gasteiger partial charge is 0.360 e. The van der Waals surface area contributed by atoms with Gasteiger partial charge >= 0.3 is 0 Å². The van der Waals surface area contributed by atoms with E-state index in [0.717, 1.165) is 16.9 Å². The molecular weight excluding hydrogens is 264 g/mol. The quantitative estimate of drug-likeness (QED) is 0.811. The van der Waals surface area contributed by atoms with Gasteiger partial charge in [0.2, 0.25) is 5.91 Å². The molecule has 1 amide bonds. The Hall–Kier alpha value is -2.79. The second-order valence-electron chi connectivity index (χ2n) is 5.05. The number of benzene rings is 1. The third-order valence-corrected chi connectivity index (χ3v) is 2.81. The molecule has 0 saturated heterocycles. The number of rotatable bonds is 5. The highest BCUT2D eigenvalue weighted by Gasteiger charge is 2.08. The number of amides is 1. The number of nitrogens with zero attached hydrogens (tertiary/aromatic N) is 2. The molecule has 0 bridgehead atoms. The van der Waals surface area contributed by atoms with Crippen LogP contribution in [-0.4, -0.2) is 5.91 Å². The number of nitrogens with one attached hydrogen (secondary N) is 2. The second-order valence-corrected chi connectivity index (χ2v) is 5.05. The van der Waals surface area contributed by atoms with Crippen molar-refractivity contribution in [2.75, 3.05) is 10.6 Å². The number of anilines is 2. The topological polar surface area (TPSA) is 88.7 Å². The van der Waals surface area contributed by atoms with Crippen LogP contribution in [-0.2, 0) is 4.79 Å². The summed E-state index contributed by atoms with van der Waals surface area (Å²) in [6.07, 6.45) is 1.81. The van der Waals surface area contributed by atoms with E-state index in [1.807, 2.05) is 32.9 Å². The molecule has 0 saturated carbocycles. The third kappa shape index (κ3) is 5.00. The zero-order chi connectivity index (χ0) is 15.8. The summed E-state index contributed by atoms with van der Waals surface area (Å²) in [5.74, 6) is 0.263. The maximum absolute atomic E-state index is 11.8. The lowest BCUT2D eigenvalue weighted by Crippen LogP contribution is -2.14. The van der Waals surface area contributed by atoms with Crippen LogP contribution in [0.5, 0.6) is 0 Å². The van der Waals surface area contributed by atoms with E-state index in [0.29, 0.717) is 12.3 Å².